The van der Waals surface area contributed by atoms with Gasteiger partial charge in [0, 0.05) is 26.2 Å². The average Bonchev–Trinajstić information content (AvgIpc) is 2.57. The Bertz CT molecular complexity index is 569. The number of hydrogen-bond acceptors (Lipinski definition) is 3. The number of benzene rings is 1. The van der Waals surface area contributed by atoms with Crippen LogP contribution in [0.1, 0.15) is 39.2 Å². The number of amides is 3. The molecule has 2 rings (SSSR count). The predicted molar refractivity (Wildman–Crippen MR) is 97.2 cm³/mol. The van der Waals surface area contributed by atoms with E-state index in [0.717, 1.165) is 24.9 Å². The predicted octanol–water partition coefficient (Wildman–Crippen LogP) is 3.13. The van der Waals surface area contributed by atoms with Crippen LogP contribution in [0.5, 0.6) is 0 Å². The smallest absolute Gasteiger partial charge is 0.407 e. The Morgan fingerprint density at radius 2 is 1.92 bits per heavy atom. The number of rotatable bonds is 4. The third kappa shape index (κ3) is 7.03. The van der Waals surface area contributed by atoms with Crippen molar-refractivity contribution in [3.8, 4) is 0 Å². The van der Waals surface area contributed by atoms with Crippen molar-refractivity contribution in [3.05, 3.63) is 35.9 Å². The van der Waals surface area contributed by atoms with Crippen molar-refractivity contribution in [2.75, 3.05) is 19.6 Å². The summed E-state index contributed by atoms with van der Waals surface area (Å²) in [6.07, 6.45) is 1.54. The van der Waals surface area contributed by atoms with E-state index in [1.165, 1.54) is 0 Å². The van der Waals surface area contributed by atoms with Gasteiger partial charge in [-0.1, -0.05) is 30.3 Å². The van der Waals surface area contributed by atoms with Gasteiger partial charge in [0.15, 0.2) is 0 Å². The summed E-state index contributed by atoms with van der Waals surface area (Å²) in [5, 5.41) is 5.77. The van der Waals surface area contributed by atoms with Crippen LogP contribution in [-0.4, -0.2) is 42.3 Å². The lowest BCUT2D eigenvalue weighted by Crippen LogP contribution is -2.47. The summed E-state index contributed by atoms with van der Waals surface area (Å²) < 4.78 is 5.25. The number of nitrogens with one attached hydrogen (secondary N) is 2. The van der Waals surface area contributed by atoms with Crippen molar-refractivity contribution in [2.45, 2.75) is 45.8 Å². The molecule has 138 valence electrons. The van der Waals surface area contributed by atoms with Gasteiger partial charge in [0.1, 0.15) is 5.60 Å². The zero-order valence-corrected chi connectivity index (χ0v) is 15.4. The van der Waals surface area contributed by atoms with Crippen molar-refractivity contribution >= 4 is 12.1 Å². The second-order valence-corrected chi connectivity index (χ2v) is 7.48. The van der Waals surface area contributed by atoms with E-state index < -0.39 is 11.7 Å². The lowest BCUT2D eigenvalue weighted by molar-refractivity contribution is 0.0511. The second kappa shape index (κ2) is 8.74. The largest absolute Gasteiger partial charge is 0.444 e. The molecule has 0 saturated carbocycles. The zero-order valence-electron chi connectivity index (χ0n) is 15.4. The highest BCUT2D eigenvalue weighted by Crippen LogP contribution is 2.16. The van der Waals surface area contributed by atoms with Crippen molar-refractivity contribution in [1.82, 2.24) is 15.5 Å². The Kier molecular flexibility index (Phi) is 6.67. The SMILES string of the molecule is CC(C)(C)OC(=O)NCC1CCCN(C(=O)NCc2ccccc2)C1. The number of ether oxygens (including phenoxy) is 1. The fraction of sp³-hybridized carbons (Fsp3) is 0.579. The molecular weight excluding hydrogens is 318 g/mol. The average molecular weight is 347 g/mol. The molecule has 1 atom stereocenters. The van der Waals surface area contributed by atoms with Gasteiger partial charge < -0.3 is 20.3 Å². The first kappa shape index (κ1) is 19.1. The molecule has 0 aliphatic carbocycles. The van der Waals surface area contributed by atoms with Crippen molar-refractivity contribution in [1.29, 1.82) is 0 Å². The van der Waals surface area contributed by atoms with E-state index in [2.05, 4.69) is 10.6 Å². The van der Waals surface area contributed by atoms with Crippen molar-refractivity contribution in [2.24, 2.45) is 5.92 Å². The number of carbonyl (C=O) groups is 2. The van der Waals surface area contributed by atoms with Gasteiger partial charge in [-0.2, -0.15) is 0 Å². The van der Waals surface area contributed by atoms with Gasteiger partial charge in [-0.15, -0.1) is 0 Å². The standard InChI is InChI=1S/C19H29N3O3/c1-19(2,3)25-18(24)21-13-16-10-7-11-22(14-16)17(23)20-12-15-8-5-4-6-9-15/h4-6,8-9,16H,7,10-14H2,1-3H3,(H,20,23)(H,21,24). The van der Waals surface area contributed by atoms with E-state index >= 15 is 0 Å². The highest BCUT2D eigenvalue weighted by atomic mass is 16.6. The van der Waals surface area contributed by atoms with Crippen molar-refractivity contribution in [3.63, 3.8) is 0 Å². The van der Waals surface area contributed by atoms with Crippen molar-refractivity contribution < 1.29 is 14.3 Å². The van der Waals surface area contributed by atoms with Crippen LogP contribution in [0.4, 0.5) is 9.59 Å². The Labute approximate surface area is 149 Å². The molecule has 25 heavy (non-hydrogen) atoms. The first-order chi connectivity index (χ1) is 11.8. The zero-order chi connectivity index (χ0) is 18.3. The van der Waals surface area contributed by atoms with Crippen LogP contribution in [0.3, 0.4) is 0 Å². The maximum atomic E-state index is 12.3. The highest BCUT2D eigenvalue weighted by Gasteiger charge is 2.24. The number of hydrogen-bond donors (Lipinski definition) is 2. The Morgan fingerprint density at radius 1 is 1.20 bits per heavy atom. The van der Waals surface area contributed by atoms with E-state index in [9.17, 15) is 9.59 Å². The summed E-state index contributed by atoms with van der Waals surface area (Å²) in [7, 11) is 0. The summed E-state index contributed by atoms with van der Waals surface area (Å²) in [5.41, 5.74) is 0.580. The molecule has 0 bridgehead atoms. The molecule has 0 radical (unpaired) electrons. The van der Waals surface area contributed by atoms with E-state index in [-0.39, 0.29) is 11.9 Å². The van der Waals surface area contributed by atoms with E-state index in [1.54, 1.807) is 0 Å². The molecule has 1 heterocycles. The number of carbonyl (C=O) groups excluding carboxylic acids is 2. The molecule has 3 amide bonds. The summed E-state index contributed by atoms with van der Waals surface area (Å²) in [5.74, 6) is 0.253. The third-order valence-electron chi connectivity index (χ3n) is 4.03. The van der Waals surface area contributed by atoms with E-state index in [4.69, 9.17) is 4.74 Å². The fourth-order valence-corrected chi connectivity index (χ4v) is 2.84. The summed E-state index contributed by atoms with van der Waals surface area (Å²) in [4.78, 5) is 25.9. The highest BCUT2D eigenvalue weighted by molar-refractivity contribution is 5.74. The molecule has 1 aromatic carbocycles. The third-order valence-corrected chi connectivity index (χ3v) is 4.03. The quantitative estimate of drug-likeness (QED) is 0.879. The van der Waals surface area contributed by atoms with Crippen LogP contribution >= 0.6 is 0 Å². The lowest BCUT2D eigenvalue weighted by Gasteiger charge is -2.33. The monoisotopic (exact) mass is 347 g/mol. The van der Waals surface area contributed by atoms with Crippen LogP contribution in [0.25, 0.3) is 0 Å². The minimum atomic E-state index is -0.500. The van der Waals surface area contributed by atoms with Gasteiger partial charge in [0.2, 0.25) is 0 Å². The van der Waals surface area contributed by atoms with Gasteiger partial charge in [0.25, 0.3) is 0 Å². The summed E-state index contributed by atoms with van der Waals surface area (Å²) >= 11 is 0. The molecule has 0 spiro atoms. The number of urea groups is 1. The first-order valence-electron chi connectivity index (χ1n) is 8.87. The molecule has 6 heteroatoms. The molecule has 2 N–H and O–H groups in total. The molecular formula is C19H29N3O3. The van der Waals surface area contributed by atoms with Gasteiger partial charge in [0.05, 0.1) is 0 Å². The maximum absolute atomic E-state index is 12.3. The van der Waals surface area contributed by atoms with Gasteiger partial charge in [-0.25, -0.2) is 9.59 Å². The van der Waals surface area contributed by atoms with E-state index in [0.29, 0.717) is 19.6 Å². The molecule has 1 fully saturated rings. The normalized spacial score (nSPS) is 17.7. The minimum Gasteiger partial charge on any atom is -0.444 e. The maximum Gasteiger partial charge on any atom is 0.407 e. The molecule has 1 aliphatic heterocycles. The Morgan fingerprint density at radius 3 is 2.60 bits per heavy atom. The number of nitrogens with zero attached hydrogens (tertiary/aromatic N) is 1. The Hall–Kier alpha value is -2.24. The molecule has 1 aliphatic rings. The fourth-order valence-electron chi connectivity index (χ4n) is 2.84. The summed E-state index contributed by atoms with van der Waals surface area (Å²) in [6, 6.07) is 9.80. The molecule has 1 aromatic rings. The van der Waals surface area contributed by atoms with Crippen LogP contribution in [0.2, 0.25) is 0 Å². The second-order valence-electron chi connectivity index (χ2n) is 7.48. The lowest BCUT2D eigenvalue weighted by atomic mass is 9.98. The van der Waals surface area contributed by atoms with Gasteiger partial charge >= 0.3 is 12.1 Å². The van der Waals surface area contributed by atoms with E-state index in [1.807, 2.05) is 56.0 Å². The number of likely N-dealkylation sites (tertiary alicyclic amines) is 1. The minimum absolute atomic E-state index is 0.0502. The van der Waals surface area contributed by atoms with Crippen LogP contribution < -0.4 is 10.6 Å². The van der Waals surface area contributed by atoms with Gasteiger partial charge in [-0.05, 0) is 45.1 Å². The summed E-state index contributed by atoms with van der Waals surface area (Å²) in [6.45, 7) is 7.97. The number of alkyl carbamates (subject to hydrolysis) is 1. The molecule has 1 saturated heterocycles. The van der Waals surface area contributed by atoms with Crippen LogP contribution in [-0.2, 0) is 11.3 Å². The van der Waals surface area contributed by atoms with Gasteiger partial charge in [-0.3, -0.25) is 0 Å². The molecule has 1 unspecified atom stereocenters. The number of piperidine rings is 1. The Balaban J connectivity index is 1.74. The topological polar surface area (TPSA) is 70.7 Å². The molecule has 0 aromatic heterocycles. The van der Waals surface area contributed by atoms with Crippen LogP contribution in [0.15, 0.2) is 30.3 Å². The molecule has 6 nitrogen and oxygen atoms in total. The first-order valence-corrected chi connectivity index (χ1v) is 8.87. The van der Waals surface area contributed by atoms with Crippen LogP contribution in [0, 0.1) is 5.92 Å².